The molecular formula is C18H17NO2. The molecule has 0 spiro atoms. The standard InChI is InChI=1S/C18H17NO2/c1-14(20)6-7-15-8-10-18(11-9-15)21-13-17-5-3-2-4-16(17)12-19/h2-5,8-11H,6-7,13H2,1H3. The van der Waals surface area contributed by atoms with E-state index < -0.39 is 0 Å². The number of carbonyl (C=O) groups is 1. The number of hydrogen-bond donors (Lipinski definition) is 0. The Bertz CT molecular complexity index is 654. The number of hydrogen-bond acceptors (Lipinski definition) is 3. The number of ketones is 1. The first-order chi connectivity index (χ1) is 10.2. The van der Waals surface area contributed by atoms with Crippen molar-refractivity contribution in [3.63, 3.8) is 0 Å². The minimum Gasteiger partial charge on any atom is -0.489 e. The quantitative estimate of drug-likeness (QED) is 0.810. The van der Waals surface area contributed by atoms with E-state index in [0.717, 1.165) is 23.3 Å². The summed E-state index contributed by atoms with van der Waals surface area (Å²) in [5, 5.41) is 9.02. The van der Waals surface area contributed by atoms with Gasteiger partial charge in [-0.25, -0.2) is 0 Å². The van der Waals surface area contributed by atoms with E-state index in [1.165, 1.54) is 0 Å². The van der Waals surface area contributed by atoms with Gasteiger partial charge in [0.2, 0.25) is 0 Å². The number of ether oxygens (including phenoxy) is 1. The molecule has 2 aromatic rings. The van der Waals surface area contributed by atoms with Crippen molar-refractivity contribution in [2.45, 2.75) is 26.4 Å². The van der Waals surface area contributed by atoms with Crippen molar-refractivity contribution in [1.29, 1.82) is 5.26 Å². The molecule has 0 amide bonds. The summed E-state index contributed by atoms with van der Waals surface area (Å²) >= 11 is 0. The third-order valence-corrected chi connectivity index (χ3v) is 3.22. The molecule has 0 N–H and O–H groups in total. The molecule has 0 aliphatic carbocycles. The lowest BCUT2D eigenvalue weighted by atomic mass is 10.1. The zero-order valence-electron chi connectivity index (χ0n) is 12.0. The maximum atomic E-state index is 11.0. The van der Waals surface area contributed by atoms with E-state index in [1.807, 2.05) is 42.5 Å². The van der Waals surface area contributed by atoms with Gasteiger partial charge in [0.15, 0.2) is 0 Å². The number of rotatable bonds is 6. The Morgan fingerprint density at radius 2 is 1.86 bits per heavy atom. The topological polar surface area (TPSA) is 50.1 Å². The Labute approximate surface area is 124 Å². The Kier molecular flexibility index (Phi) is 5.11. The zero-order chi connectivity index (χ0) is 15.1. The summed E-state index contributed by atoms with van der Waals surface area (Å²) in [4.78, 5) is 11.0. The maximum Gasteiger partial charge on any atom is 0.130 e. The highest BCUT2D eigenvalue weighted by molar-refractivity contribution is 5.75. The van der Waals surface area contributed by atoms with E-state index >= 15 is 0 Å². The van der Waals surface area contributed by atoms with Gasteiger partial charge < -0.3 is 9.53 Å². The van der Waals surface area contributed by atoms with E-state index in [2.05, 4.69) is 6.07 Å². The third-order valence-electron chi connectivity index (χ3n) is 3.22. The van der Waals surface area contributed by atoms with Gasteiger partial charge in [-0.1, -0.05) is 30.3 Å². The number of nitriles is 1. The minimum absolute atomic E-state index is 0.198. The molecule has 0 atom stereocenters. The predicted molar refractivity (Wildman–Crippen MR) is 80.9 cm³/mol. The van der Waals surface area contributed by atoms with E-state index in [1.54, 1.807) is 13.0 Å². The van der Waals surface area contributed by atoms with Crippen LogP contribution in [-0.4, -0.2) is 5.78 Å². The largest absolute Gasteiger partial charge is 0.489 e. The lowest BCUT2D eigenvalue weighted by Crippen LogP contribution is -1.98. The molecule has 21 heavy (non-hydrogen) atoms. The first-order valence-electron chi connectivity index (χ1n) is 6.88. The normalized spacial score (nSPS) is 9.90. The summed E-state index contributed by atoms with van der Waals surface area (Å²) in [6.07, 6.45) is 1.32. The molecule has 3 heteroatoms. The van der Waals surface area contributed by atoms with Gasteiger partial charge in [0.1, 0.15) is 18.1 Å². The van der Waals surface area contributed by atoms with Gasteiger partial charge in [-0.05, 0) is 37.1 Å². The fourth-order valence-corrected chi connectivity index (χ4v) is 1.99. The molecule has 106 valence electrons. The maximum absolute atomic E-state index is 11.0. The summed E-state index contributed by atoms with van der Waals surface area (Å²) in [5.74, 6) is 0.956. The fourth-order valence-electron chi connectivity index (χ4n) is 1.99. The molecule has 0 radical (unpaired) electrons. The molecule has 3 nitrogen and oxygen atoms in total. The third kappa shape index (κ3) is 4.47. The van der Waals surface area contributed by atoms with Crippen LogP contribution >= 0.6 is 0 Å². The van der Waals surface area contributed by atoms with Crippen LogP contribution < -0.4 is 4.74 Å². The van der Waals surface area contributed by atoms with Crippen LogP contribution in [0.4, 0.5) is 0 Å². The van der Waals surface area contributed by atoms with Crippen LogP contribution in [0.15, 0.2) is 48.5 Å². The molecule has 0 bridgehead atoms. The molecule has 0 saturated heterocycles. The van der Waals surface area contributed by atoms with E-state index in [4.69, 9.17) is 10.00 Å². The second-order valence-corrected chi connectivity index (χ2v) is 4.90. The molecule has 0 saturated carbocycles. The number of nitrogens with zero attached hydrogens (tertiary/aromatic N) is 1. The first kappa shape index (κ1) is 14.8. The highest BCUT2D eigenvalue weighted by atomic mass is 16.5. The smallest absolute Gasteiger partial charge is 0.130 e. The summed E-state index contributed by atoms with van der Waals surface area (Å²) in [7, 11) is 0. The van der Waals surface area contributed by atoms with E-state index in [-0.39, 0.29) is 5.78 Å². The average Bonchev–Trinajstić information content (AvgIpc) is 2.52. The van der Waals surface area contributed by atoms with E-state index in [0.29, 0.717) is 18.6 Å². The minimum atomic E-state index is 0.198. The summed E-state index contributed by atoms with van der Waals surface area (Å²) in [5.41, 5.74) is 2.63. The lowest BCUT2D eigenvalue weighted by molar-refractivity contribution is -0.116. The van der Waals surface area contributed by atoms with Crippen LogP contribution in [0.1, 0.15) is 30.0 Å². The molecule has 0 unspecified atom stereocenters. The molecule has 0 aliphatic heterocycles. The molecular weight excluding hydrogens is 262 g/mol. The first-order valence-corrected chi connectivity index (χ1v) is 6.88. The number of benzene rings is 2. The second kappa shape index (κ2) is 7.25. The van der Waals surface area contributed by atoms with Gasteiger partial charge in [0, 0.05) is 12.0 Å². The van der Waals surface area contributed by atoms with Gasteiger partial charge in [-0.2, -0.15) is 5.26 Å². The van der Waals surface area contributed by atoms with Crippen LogP contribution in [-0.2, 0) is 17.8 Å². The van der Waals surface area contributed by atoms with Gasteiger partial charge in [0.05, 0.1) is 11.6 Å². The van der Waals surface area contributed by atoms with Crippen molar-refractivity contribution in [2.75, 3.05) is 0 Å². The Balaban J connectivity index is 1.95. The molecule has 0 aromatic heterocycles. The predicted octanol–water partition coefficient (Wildman–Crippen LogP) is 3.66. The number of Topliss-reactive ketones (excluding diaryl/α,β-unsaturated/α-hetero) is 1. The van der Waals surface area contributed by atoms with Crippen molar-refractivity contribution < 1.29 is 9.53 Å². The van der Waals surface area contributed by atoms with Gasteiger partial charge in [-0.15, -0.1) is 0 Å². The van der Waals surface area contributed by atoms with Crippen molar-refractivity contribution in [1.82, 2.24) is 0 Å². The lowest BCUT2D eigenvalue weighted by Gasteiger charge is -2.08. The van der Waals surface area contributed by atoms with Crippen LogP contribution in [0.2, 0.25) is 0 Å². The van der Waals surface area contributed by atoms with Gasteiger partial charge in [0.25, 0.3) is 0 Å². The zero-order valence-corrected chi connectivity index (χ0v) is 12.0. The molecule has 2 rings (SSSR count). The highest BCUT2D eigenvalue weighted by Crippen LogP contribution is 2.16. The summed E-state index contributed by atoms with van der Waals surface area (Å²) in [6.45, 7) is 1.97. The molecule has 0 fully saturated rings. The monoisotopic (exact) mass is 279 g/mol. The van der Waals surface area contributed by atoms with Crippen LogP contribution in [0.25, 0.3) is 0 Å². The van der Waals surface area contributed by atoms with E-state index in [9.17, 15) is 4.79 Å². The highest BCUT2D eigenvalue weighted by Gasteiger charge is 2.02. The Morgan fingerprint density at radius 3 is 2.52 bits per heavy atom. The summed E-state index contributed by atoms with van der Waals surface area (Å²) < 4.78 is 5.70. The Hall–Kier alpha value is -2.60. The molecule has 0 heterocycles. The van der Waals surface area contributed by atoms with Gasteiger partial charge >= 0.3 is 0 Å². The number of aryl methyl sites for hydroxylation is 1. The number of carbonyl (C=O) groups excluding carboxylic acids is 1. The second-order valence-electron chi connectivity index (χ2n) is 4.90. The average molecular weight is 279 g/mol. The fraction of sp³-hybridized carbons (Fsp3) is 0.222. The SMILES string of the molecule is CC(=O)CCc1ccc(OCc2ccccc2C#N)cc1. The summed E-state index contributed by atoms with van der Waals surface area (Å²) in [6, 6.07) is 17.3. The van der Waals surface area contributed by atoms with Crippen molar-refractivity contribution >= 4 is 5.78 Å². The molecule has 0 aliphatic rings. The molecule has 2 aromatic carbocycles. The van der Waals surface area contributed by atoms with Crippen molar-refractivity contribution in [3.05, 3.63) is 65.2 Å². The van der Waals surface area contributed by atoms with Crippen molar-refractivity contribution in [3.8, 4) is 11.8 Å². The Morgan fingerprint density at radius 1 is 1.14 bits per heavy atom. The van der Waals surface area contributed by atoms with Crippen LogP contribution in [0, 0.1) is 11.3 Å². The van der Waals surface area contributed by atoms with Crippen LogP contribution in [0.5, 0.6) is 5.75 Å². The van der Waals surface area contributed by atoms with Crippen molar-refractivity contribution in [2.24, 2.45) is 0 Å². The van der Waals surface area contributed by atoms with Gasteiger partial charge in [-0.3, -0.25) is 0 Å². The van der Waals surface area contributed by atoms with Crippen LogP contribution in [0.3, 0.4) is 0 Å².